The number of hydrogen-bond donors (Lipinski definition) is 1. The van der Waals surface area contributed by atoms with E-state index >= 15 is 0 Å². The summed E-state index contributed by atoms with van der Waals surface area (Å²) in [6.07, 6.45) is 1.78. The van der Waals surface area contributed by atoms with Crippen molar-refractivity contribution in [1.82, 2.24) is 9.97 Å². The molecule has 100 valence electrons. The Kier molecular flexibility index (Phi) is 3.94. The molecular weight excluding hydrogens is 245 g/mol. The molecule has 2 N–H and O–H groups in total. The first-order valence-electron chi connectivity index (χ1n) is 6.11. The molecule has 0 aliphatic carbocycles. The first kappa shape index (κ1) is 13.3. The SMILES string of the molecule is CCCc1cc(N)nc(-c2ccc(OC)c(F)c2)n1. The van der Waals surface area contributed by atoms with Crippen LogP contribution in [-0.4, -0.2) is 17.1 Å². The van der Waals surface area contributed by atoms with Crippen molar-refractivity contribution in [3.8, 4) is 17.1 Å². The minimum absolute atomic E-state index is 0.196. The normalized spacial score (nSPS) is 10.5. The molecule has 0 saturated carbocycles. The zero-order chi connectivity index (χ0) is 13.8. The Bertz CT molecular complexity index is 587. The fourth-order valence-corrected chi connectivity index (χ4v) is 1.84. The molecule has 4 nitrogen and oxygen atoms in total. The summed E-state index contributed by atoms with van der Waals surface area (Å²) in [5.41, 5.74) is 7.20. The van der Waals surface area contributed by atoms with Gasteiger partial charge in [0, 0.05) is 17.3 Å². The monoisotopic (exact) mass is 261 g/mol. The quantitative estimate of drug-likeness (QED) is 0.919. The highest BCUT2D eigenvalue weighted by atomic mass is 19.1. The molecule has 1 aromatic carbocycles. The zero-order valence-electron chi connectivity index (χ0n) is 11.0. The number of hydrogen-bond acceptors (Lipinski definition) is 4. The predicted octanol–water partition coefficient (Wildman–Crippen LogP) is 2.83. The number of aromatic nitrogens is 2. The van der Waals surface area contributed by atoms with Gasteiger partial charge in [0.15, 0.2) is 17.4 Å². The first-order valence-corrected chi connectivity index (χ1v) is 6.11. The van der Waals surface area contributed by atoms with Gasteiger partial charge >= 0.3 is 0 Å². The maximum atomic E-state index is 13.7. The molecule has 0 fully saturated rings. The zero-order valence-corrected chi connectivity index (χ0v) is 11.0. The highest BCUT2D eigenvalue weighted by Crippen LogP contribution is 2.24. The van der Waals surface area contributed by atoms with Crippen molar-refractivity contribution in [2.24, 2.45) is 0 Å². The van der Waals surface area contributed by atoms with Gasteiger partial charge in [-0.25, -0.2) is 14.4 Å². The maximum absolute atomic E-state index is 13.7. The predicted molar refractivity (Wildman–Crippen MR) is 72.4 cm³/mol. The van der Waals surface area contributed by atoms with E-state index in [-0.39, 0.29) is 5.75 Å². The van der Waals surface area contributed by atoms with Crippen molar-refractivity contribution in [2.45, 2.75) is 19.8 Å². The Morgan fingerprint density at radius 1 is 1.26 bits per heavy atom. The first-order chi connectivity index (χ1) is 9.13. The Labute approximate surface area is 111 Å². The van der Waals surface area contributed by atoms with E-state index < -0.39 is 5.82 Å². The van der Waals surface area contributed by atoms with Crippen LogP contribution >= 0.6 is 0 Å². The highest BCUT2D eigenvalue weighted by Gasteiger charge is 2.09. The number of methoxy groups -OCH3 is 1. The van der Waals surface area contributed by atoms with E-state index in [0.717, 1.165) is 18.5 Å². The van der Waals surface area contributed by atoms with Crippen molar-refractivity contribution in [3.05, 3.63) is 35.8 Å². The summed E-state index contributed by atoms with van der Waals surface area (Å²) < 4.78 is 18.6. The lowest BCUT2D eigenvalue weighted by molar-refractivity contribution is 0.386. The van der Waals surface area contributed by atoms with Gasteiger partial charge in [0.1, 0.15) is 5.82 Å². The van der Waals surface area contributed by atoms with E-state index in [9.17, 15) is 4.39 Å². The number of aryl methyl sites for hydroxylation is 1. The molecule has 0 radical (unpaired) electrons. The van der Waals surface area contributed by atoms with Crippen molar-refractivity contribution < 1.29 is 9.13 Å². The molecule has 19 heavy (non-hydrogen) atoms. The van der Waals surface area contributed by atoms with Crippen LogP contribution in [0, 0.1) is 5.82 Å². The third-order valence-corrected chi connectivity index (χ3v) is 2.72. The molecular formula is C14H16FN3O. The molecule has 1 aromatic heterocycles. The van der Waals surface area contributed by atoms with Crippen LogP contribution in [0.15, 0.2) is 24.3 Å². The number of anilines is 1. The maximum Gasteiger partial charge on any atom is 0.165 e. The fourth-order valence-electron chi connectivity index (χ4n) is 1.84. The van der Waals surface area contributed by atoms with Crippen LogP contribution in [0.2, 0.25) is 0 Å². The number of rotatable bonds is 4. The van der Waals surface area contributed by atoms with E-state index in [2.05, 4.69) is 16.9 Å². The molecule has 0 saturated heterocycles. The van der Waals surface area contributed by atoms with Gasteiger partial charge in [-0.1, -0.05) is 13.3 Å². The van der Waals surface area contributed by atoms with Gasteiger partial charge in [-0.15, -0.1) is 0 Å². The van der Waals surface area contributed by atoms with Gasteiger partial charge in [0.05, 0.1) is 7.11 Å². The van der Waals surface area contributed by atoms with Gasteiger partial charge in [0.2, 0.25) is 0 Å². The molecule has 0 aliphatic rings. The van der Waals surface area contributed by atoms with Gasteiger partial charge in [-0.05, 0) is 24.6 Å². The summed E-state index contributed by atoms with van der Waals surface area (Å²) in [5, 5.41) is 0. The van der Waals surface area contributed by atoms with E-state index in [0.29, 0.717) is 17.2 Å². The summed E-state index contributed by atoms with van der Waals surface area (Å²) in [6, 6.07) is 6.36. The second kappa shape index (κ2) is 5.65. The Morgan fingerprint density at radius 2 is 2.05 bits per heavy atom. The van der Waals surface area contributed by atoms with Crippen LogP contribution in [0.25, 0.3) is 11.4 Å². The molecule has 0 atom stereocenters. The van der Waals surface area contributed by atoms with Crippen LogP contribution in [0.3, 0.4) is 0 Å². The third kappa shape index (κ3) is 2.99. The topological polar surface area (TPSA) is 61.0 Å². The average Bonchev–Trinajstić information content (AvgIpc) is 2.38. The molecule has 2 rings (SSSR count). The van der Waals surface area contributed by atoms with Crippen molar-refractivity contribution in [2.75, 3.05) is 12.8 Å². The molecule has 2 aromatic rings. The van der Waals surface area contributed by atoms with Crippen LogP contribution in [0.5, 0.6) is 5.75 Å². The smallest absolute Gasteiger partial charge is 0.165 e. The van der Waals surface area contributed by atoms with Gasteiger partial charge < -0.3 is 10.5 Å². The van der Waals surface area contributed by atoms with Gasteiger partial charge in [-0.3, -0.25) is 0 Å². The highest BCUT2D eigenvalue weighted by molar-refractivity contribution is 5.58. The number of benzene rings is 1. The standard InChI is InChI=1S/C14H16FN3O/c1-3-4-10-8-13(16)18-14(17-10)9-5-6-12(19-2)11(15)7-9/h5-8H,3-4H2,1-2H3,(H2,16,17,18). The number of nitrogens with two attached hydrogens (primary N) is 1. The lowest BCUT2D eigenvalue weighted by Gasteiger charge is -2.07. The van der Waals surface area contributed by atoms with Gasteiger partial charge in [0.25, 0.3) is 0 Å². The number of ether oxygens (including phenoxy) is 1. The summed E-state index contributed by atoms with van der Waals surface area (Å²) in [5.74, 6) is 0.583. The fraction of sp³-hybridized carbons (Fsp3) is 0.286. The average molecular weight is 261 g/mol. The second-order valence-corrected chi connectivity index (χ2v) is 4.21. The van der Waals surface area contributed by atoms with E-state index in [4.69, 9.17) is 10.5 Å². The minimum atomic E-state index is -0.442. The van der Waals surface area contributed by atoms with E-state index in [1.807, 2.05) is 0 Å². The lowest BCUT2D eigenvalue weighted by atomic mass is 10.1. The van der Waals surface area contributed by atoms with Gasteiger partial charge in [-0.2, -0.15) is 0 Å². The largest absolute Gasteiger partial charge is 0.494 e. The molecule has 5 heteroatoms. The number of halogens is 1. The van der Waals surface area contributed by atoms with E-state index in [1.54, 1.807) is 18.2 Å². The number of nitrogen functional groups attached to an aromatic ring is 1. The van der Waals surface area contributed by atoms with Crippen LogP contribution in [-0.2, 0) is 6.42 Å². The summed E-state index contributed by atoms with van der Waals surface area (Å²) in [6.45, 7) is 2.06. The Morgan fingerprint density at radius 3 is 2.68 bits per heavy atom. The third-order valence-electron chi connectivity index (χ3n) is 2.72. The Balaban J connectivity index is 2.43. The number of nitrogens with zero attached hydrogens (tertiary/aromatic N) is 2. The molecule has 0 spiro atoms. The Hall–Kier alpha value is -2.17. The molecule has 1 heterocycles. The summed E-state index contributed by atoms with van der Waals surface area (Å²) in [4.78, 5) is 8.53. The molecule has 0 amide bonds. The molecule has 0 bridgehead atoms. The molecule has 0 unspecified atom stereocenters. The molecule has 0 aliphatic heterocycles. The van der Waals surface area contributed by atoms with E-state index in [1.165, 1.54) is 13.2 Å². The summed E-state index contributed by atoms with van der Waals surface area (Å²) >= 11 is 0. The lowest BCUT2D eigenvalue weighted by Crippen LogP contribution is -2.00. The van der Waals surface area contributed by atoms with Crippen molar-refractivity contribution in [1.29, 1.82) is 0 Å². The van der Waals surface area contributed by atoms with Crippen LogP contribution in [0.4, 0.5) is 10.2 Å². The minimum Gasteiger partial charge on any atom is -0.494 e. The van der Waals surface area contributed by atoms with Crippen LogP contribution in [0.1, 0.15) is 19.0 Å². The van der Waals surface area contributed by atoms with Crippen molar-refractivity contribution >= 4 is 5.82 Å². The van der Waals surface area contributed by atoms with Crippen molar-refractivity contribution in [3.63, 3.8) is 0 Å². The summed E-state index contributed by atoms with van der Waals surface area (Å²) in [7, 11) is 1.43. The van der Waals surface area contributed by atoms with Crippen LogP contribution < -0.4 is 10.5 Å². The second-order valence-electron chi connectivity index (χ2n) is 4.21.